The van der Waals surface area contributed by atoms with Gasteiger partial charge < -0.3 is 30.4 Å². The molecule has 0 unspecified atom stereocenters. The Balaban J connectivity index is -0.0000000742. The fraction of sp³-hybridized carbons (Fsp3) is 0.182. The maximum Gasteiger partial charge on any atom is 0.330 e. The van der Waals surface area contributed by atoms with Crippen LogP contribution in [0.15, 0.2) is 86.1 Å². The van der Waals surface area contributed by atoms with E-state index in [4.69, 9.17) is 20.4 Å². The minimum atomic E-state index is -0.935. The van der Waals surface area contributed by atoms with Crippen LogP contribution < -0.4 is 0 Å². The van der Waals surface area contributed by atoms with Gasteiger partial charge in [0.2, 0.25) is 0 Å². The smallest absolute Gasteiger partial charge is 0.330 e. The number of halogens is 2. The molecule has 14 heteroatoms. The van der Waals surface area contributed by atoms with E-state index in [1.54, 1.807) is 37.4 Å². The largest absolute Gasteiger partial charge is 0.478 e. The molecule has 36 heavy (non-hydrogen) atoms. The van der Waals surface area contributed by atoms with Gasteiger partial charge in [0, 0.05) is 47.1 Å². The van der Waals surface area contributed by atoms with E-state index in [0.717, 1.165) is 0 Å². The molecule has 12 nitrogen and oxygen atoms in total. The highest BCUT2D eigenvalue weighted by Crippen LogP contribution is 1.82. The van der Waals surface area contributed by atoms with Crippen LogP contribution in [0.4, 0.5) is 0 Å². The Hall–Kier alpha value is -3.78. The summed E-state index contributed by atoms with van der Waals surface area (Å²) >= 11 is 0. The highest BCUT2D eigenvalue weighted by molar-refractivity contribution is 8.93. The number of hydrogen-bond donors (Lipinski definition) is 6. The number of carboxylic acid groups (broad SMARTS) is 4. The second-order valence-electron chi connectivity index (χ2n) is 5.86. The highest BCUT2D eigenvalue weighted by Gasteiger charge is 1.91. The first kappa shape index (κ1) is 45.7. The molecule has 2 rings (SSSR count). The predicted molar refractivity (Wildman–Crippen MR) is 148 cm³/mol. The van der Waals surface area contributed by atoms with Crippen molar-refractivity contribution in [2.75, 3.05) is 0 Å². The molecule has 204 valence electrons. The lowest BCUT2D eigenvalue weighted by atomic mass is 10.4. The molecule has 0 bridgehead atoms. The lowest BCUT2D eigenvalue weighted by Gasteiger charge is -1.79. The van der Waals surface area contributed by atoms with E-state index in [-0.39, 0.29) is 56.3 Å². The first-order valence-electron chi connectivity index (χ1n) is 8.98. The Morgan fingerprint density at radius 3 is 0.750 bits per heavy atom. The minimum absolute atomic E-state index is 0. The molecule has 2 aromatic heterocycles. The second kappa shape index (κ2) is 31.2. The van der Waals surface area contributed by atoms with Gasteiger partial charge in [0.1, 0.15) is 0 Å². The molecule has 0 atom stereocenters. The van der Waals surface area contributed by atoms with Gasteiger partial charge in [-0.3, -0.25) is 0 Å². The molecule has 0 spiro atoms. The zero-order valence-corrected chi connectivity index (χ0v) is 23.9. The number of nitrogens with one attached hydrogen (secondary N) is 2. The molecule has 0 aliphatic heterocycles. The quantitative estimate of drug-likeness (QED) is 0.256. The third-order valence-corrected chi connectivity index (χ3v) is 2.27. The lowest BCUT2D eigenvalue weighted by Crippen LogP contribution is -1.92. The third-order valence-electron chi connectivity index (χ3n) is 2.27. The third kappa shape index (κ3) is 52.3. The van der Waals surface area contributed by atoms with Crippen LogP contribution in [-0.4, -0.2) is 64.2 Å². The van der Waals surface area contributed by atoms with Crippen LogP contribution in [0.2, 0.25) is 0 Å². The van der Waals surface area contributed by atoms with E-state index in [1.165, 1.54) is 27.7 Å². The van der Waals surface area contributed by atoms with Crippen molar-refractivity contribution in [1.29, 1.82) is 0 Å². The molecule has 2 aromatic rings. The Morgan fingerprint density at radius 1 is 0.556 bits per heavy atom. The summed E-state index contributed by atoms with van der Waals surface area (Å²) in [5.74, 6) is -3.74. The normalized spacial score (nSPS) is 7.22. The summed E-state index contributed by atoms with van der Waals surface area (Å²) in [5, 5.41) is 31.6. The van der Waals surface area contributed by atoms with Crippen molar-refractivity contribution in [3.8, 4) is 0 Å². The number of aromatic nitrogens is 4. The van der Waals surface area contributed by atoms with Gasteiger partial charge in [-0.2, -0.15) is 0 Å². The summed E-state index contributed by atoms with van der Waals surface area (Å²) in [5.41, 5.74) is 0.704. The SMILES string of the molecule is Br.Br.C=C(C)C(=O)O.C=C(C)C(=O)O.C=C(C)C(=O)O.C=C(C)C(=O)O.c1c[nH]cn1.c1c[nH]cn1. The molecule has 0 aliphatic carbocycles. The number of H-pyrrole nitrogens is 2. The molecular formula is C22H34Br2N4O8. The maximum atomic E-state index is 9.60. The Morgan fingerprint density at radius 2 is 0.722 bits per heavy atom. The van der Waals surface area contributed by atoms with Crippen molar-refractivity contribution in [2.45, 2.75) is 27.7 Å². The van der Waals surface area contributed by atoms with Crippen LogP contribution in [0.3, 0.4) is 0 Å². The van der Waals surface area contributed by atoms with Crippen LogP contribution in [0, 0.1) is 0 Å². The second-order valence-corrected chi connectivity index (χ2v) is 5.86. The average molecular weight is 642 g/mol. The lowest BCUT2D eigenvalue weighted by molar-refractivity contribution is -0.133. The van der Waals surface area contributed by atoms with Crippen LogP contribution in [0.5, 0.6) is 0 Å². The van der Waals surface area contributed by atoms with Crippen LogP contribution in [0.1, 0.15) is 27.7 Å². The van der Waals surface area contributed by atoms with Gasteiger partial charge in [-0.25, -0.2) is 29.1 Å². The zero-order valence-electron chi connectivity index (χ0n) is 20.4. The fourth-order valence-electron chi connectivity index (χ4n) is 0.430. The summed E-state index contributed by atoms with van der Waals surface area (Å²) < 4.78 is 0. The molecule has 0 aliphatic rings. The van der Waals surface area contributed by atoms with E-state index in [2.05, 4.69) is 46.3 Å². The predicted octanol–water partition coefficient (Wildman–Crippen LogP) is 4.56. The van der Waals surface area contributed by atoms with E-state index >= 15 is 0 Å². The standard InChI is InChI=1S/4C4H6O2.2C3H4N2.2BrH/c4*1-3(2)4(5)6;2*1-2-5-3-4-1;;/h4*1H2,2H3,(H,5,6);2*1-3H,(H,4,5);2*1H. The van der Waals surface area contributed by atoms with Gasteiger partial charge in [0.25, 0.3) is 0 Å². The number of aromatic amines is 2. The highest BCUT2D eigenvalue weighted by atomic mass is 79.9. The fourth-order valence-corrected chi connectivity index (χ4v) is 0.430. The first-order chi connectivity index (χ1) is 15.6. The van der Waals surface area contributed by atoms with Crippen LogP contribution >= 0.6 is 34.0 Å². The van der Waals surface area contributed by atoms with E-state index in [0.29, 0.717) is 0 Å². The summed E-state index contributed by atoms with van der Waals surface area (Å²) in [4.78, 5) is 51.2. The van der Waals surface area contributed by atoms with E-state index < -0.39 is 23.9 Å². The van der Waals surface area contributed by atoms with Crippen LogP contribution in [0.25, 0.3) is 0 Å². The molecule has 0 saturated carbocycles. The Labute approximate surface area is 230 Å². The van der Waals surface area contributed by atoms with E-state index in [1.807, 2.05) is 0 Å². The summed E-state index contributed by atoms with van der Waals surface area (Å²) in [6.45, 7) is 18.4. The summed E-state index contributed by atoms with van der Waals surface area (Å²) in [6.07, 6.45) is 10.2. The van der Waals surface area contributed by atoms with Crippen LogP contribution in [-0.2, 0) is 19.2 Å². The Kier molecular flexibility index (Phi) is 39.6. The average Bonchev–Trinajstić information content (AvgIpc) is 3.48. The first-order valence-corrected chi connectivity index (χ1v) is 8.98. The monoisotopic (exact) mass is 640 g/mol. The van der Waals surface area contributed by atoms with Gasteiger partial charge in [-0.15, -0.1) is 34.0 Å². The topological polar surface area (TPSA) is 207 Å². The molecule has 6 N–H and O–H groups in total. The number of carboxylic acids is 4. The minimum Gasteiger partial charge on any atom is -0.478 e. The Bertz CT molecular complexity index is 693. The van der Waals surface area contributed by atoms with E-state index in [9.17, 15) is 19.2 Å². The maximum absolute atomic E-state index is 9.60. The van der Waals surface area contributed by atoms with Crippen molar-refractivity contribution in [1.82, 2.24) is 19.9 Å². The van der Waals surface area contributed by atoms with Crippen molar-refractivity contribution in [3.63, 3.8) is 0 Å². The van der Waals surface area contributed by atoms with Crippen molar-refractivity contribution in [2.24, 2.45) is 0 Å². The molecule has 0 fully saturated rings. The number of carbonyl (C=O) groups is 4. The summed E-state index contributed by atoms with van der Waals surface area (Å²) in [7, 11) is 0. The molecule has 0 radical (unpaired) electrons. The van der Waals surface area contributed by atoms with Gasteiger partial charge in [0.05, 0.1) is 12.7 Å². The number of rotatable bonds is 4. The van der Waals surface area contributed by atoms with Gasteiger partial charge >= 0.3 is 23.9 Å². The summed E-state index contributed by atoms with van der Waals surface area (Å²) in [6, 6.07) is 0. The number of hydrogen-bond acceptors (Lipinski definition) is 6. The molecule has 2 heterocycles. The van der Waals surface area contributed by atoms with Gasteiger partial charge in [0.15, 0.2) is 0 Å². The van der Waals surface area contributed by atoms with Gasteiger partial charge in [-0.1, -0.05) is 26.3 Å². The molecular weight excluding hydrogens is 608 g/mol. The zero-order chi connectivity index (χ0) is 27.7. The number of nitrogens with zero attached hydrogens (tertiary/aromatic N) is 2. The van der Waals surface area contributed by atoms with Crippen molar-refractivity contribution in [3.05, 3.63) is 86.1 Å². The van der Waals surface area contributed by atoms with Crippen molar-refractivity contribution >= 4 is 57.8 Å². The van der Waals surface area contributed by atoms with Crippen molar-refractivity contribution < 1.29 is 39.6 Å². The number of imidazole rings is 2. The molecule has 0 saturated heterocycles. The number of aliphatic carboxylic acids is 4. The van der Waals surface area contributed by atoms with Gasteiger partial charge in [-0.05, 0) is 27.7 Å². The molecule has 0 amide bonds. The molecule has 0 aromatic carbocycles.